The van der Waals surface area contributed by atoms with Crippen LogP contribution in [0.4, 0.5) is 8.78 Å². The molecule has 21 heavy (non-hydrogen) atoms. The van der Waals surface area contributed by atoms with Crippen molar-refractivity contribution in [3.63, 3.8) is 0 Å². The Morgan fingerprint density at radius 2 is 1.71 bits per heavy atom. The molecule has 0 radical (unpaired) electrons. The molecular formula is C16H23F2NO2. The molecule has 0 amide bonds. The fraction of sp³-hybridized carbons (Fsp3) is 0.625. The third-order valence-electron chi connectivity index (χ3n) is 4.05. The summed E-state index contributed by atoms with van der Waals surface area (Å²) in [6.45, 7) is 2.84. The van der Waals surface area contributed by atoms with E-state index in [2.05, 4.69) is 5.32 Å². The van der Waals surface area contributed by atoms with E-state index < -0.39 is 5.92 Å². The summed E-state index contributed by atoms with van der Waals surface area (Å²) in [6.07, 6.45) is 2.69. The first-order valence-electron chi connectivity index (χ1n) is 7.29. The number of ether oxygens (including phenoxy) is 2. The molecule has 0 unspecified atom stereocenters. The number of hydrogen-bond donors (Lipinski definition) is 1. The molecule has 0 spiro atoms. The van der Waals surface area contributed by atoms with Crippen LogP contribution in [0.15, 0.2) is 12.1 Å². The van der Waals surface area contributed by atoms with Gasteiger partial charge in [0, 0.05) is 12.5 Å². The molecule has 2 rings (SSSR count). The second-order valence-corrected chi connectivity index (χ2v) is 5.65. The molecule has 1 N–H and O–H groups in total. The van der Waals surface area contributed by atoms with Gasteiger partial charge in [0.25, 0.3) is 5.92 Å². The van der Waals surface area contributed by atoms with Crippen LogP contribution in [-0.2, 0) is 12.3 Å². The molecule has 0 bridgehead atoms. The maximum atomic E-state index is 13.9. The lowest BCUT2D eigenvalue weighted by atomic mass is 9.87. The fourth-order valence-electron chi connectivity index (χ4n) is 2.90. The van der Waals surface area contributed by atoms with Gasteiger partial charge in [-0.15, -0.1) is 0 Å². The van der Waals surface area contributed by atoms with Gasteiger partial charge in [-0.2, -0.15) is 0 Å². The maximum Gasteiger partial charge on any atom is 0.270 e. The minimum atomic E-state index is -2.89. The van der Waals surface area contributed by atoms with Gasteiger partial charge < -0.3 is 14.8 Å². The number of benzene rings is 1. The third-order valence-corrected chi connectivity index (χ3v) is 4.05. The molecule has 1 aromatic carbocycles. The highest BCUT2D eigenvalue weighted by atomic mass is 19.3. The van der Waals surface area contributed by atoms with E-state index in [0.29, 0.717) is 29.4 Å². The predicted molar refractivity (Wildman–Crippen MR) is 78.4 cm³/mol. The minimum Gasteiger partial charge on any atom is -0.493 e. The number of halogens is 2. The Hall–Kier alpha value is -1.36. The predicted octanol–water partition coefficient (Wildman–Crippen LogP) is 3.36. The smallest absolute Gasteiger partial charge is 0.270 e. The second kappa shape index (κ2) is 6.60. The van der Waals surface area contributed by atoms with E-state index in [9.17, 15) is 8.78 Å². The number of piperidine rings is 1. The first-order chi connectivity index (χ1) is 9.95. The van der Waals surface area contributed by atoms with Crippen molar-refractivity contribution in [3.05, 3.63) is 23.3 Å². The summed E-state index contributed by atoms with van der Waals surface area (Å²) in [4.78, 5) is 0. The highest BCUT2D eigenvalue weighted by Gasteiger charge is 2.30. The van der Waals surface area contributed by atoms with Gasteiger partial charge in [-0.25, -0.2) is 8.78 Å². The number of alkyl halides is 2. The molecule has 1 fully saturated rings. The van der Waals surface area contributed by atoms with Crippen molar-refractivity contribution < 1.29 is 18.3 Å². The Morgan fingerprint density at radius 3 is 2.24 bits per heavy atom. The first kappa shape index (κ1) is 16.0. The molecule has 1 aliphatic rings. The van der Waals surface area contributed by atoms with Crippen LogP contribution in [0, 0.1) is 5.92 Å². The van der Waals surface area contributed by atoms with Crippen LogP contribution in [0.25, 0.3) is 0 Å². The zero-order chi connectivity index (χ0) is 15.5. The van der Waals surface area contributed by atoms with Crippen molar-refractivity contribution in [1.29, 1.82) is 0 Å². The Bertz CT molecular complexity index is 480. The minimum absolute atomic E-state index is 0.0404. The molecule has 1 heterocycles. The van der Waals surface area contributed by atoms with E-state index in [4.69, 9.17) is 9.47 Å². The molecule has 0 aromatic heterocycles. The van der Waals surface area contributed by atoms with Gasteiger partial charge in [0.05, 0.1) is 14.2 Å². The molecule has 5 heteroatoms. The normalized spacial score (nSPS) is 16.8. The molecule has 118 valence electrons. The standard InChI is InChI=1S/C16H23F2NO2/c1-16(17,18)13-10-15(21-3)14(20-2)9-12(13)8-11-4-6-19-7-5-11/h9-11,19H,4-8H2,1-3H3. The summed E-state index contributed by atoms with van der Waals surface area (Å²) in [5.41, 5.74) is 0.700. The summed E-state index contributed by atoms with van der Waals surface area (Å²) in [6, 6.07) is 3.11. The molecule has 0 saturated carbocycles. The van der Waals surface area contributed by atoms with Crippen LogP contribution in [-0.4, -0.2) is 27.3 Å². The molecule has 3 nitrogen and oxygen atoms in total. The lowest BCUT2D eigenvalue weighted by Crippen LogP contribution is -2.29. The van der Waals surface area contributed by atoms with Gasteiger partial charge in [-0.3, -0.25) is 0 Å². The van der Waals surface area contributed by atoms with Crippen molar-refractivity contribution in [2.45, 2.75) is 32.1 Å². The highest BCUT2D eigenvalue weighted by molar-refractivity contribution is 5.49. The van der Waals surface area contributed by atoms with Crippen molar-refractivity contribution in [3.8, 4) is 11.5 Å². The summed E-state index contributed by atoms with van der Waals surface area (Å²) in [5, 5.41) is 3.29. The van der Waals surface area contributed by atoms with Crippen LogP contribution < -0.4 is 14.8 Å². The third kappa shape index (κ3) is 3.84. The van der Waals surface area contributed by atoms with Gasteiger partial charge in [-0.1, -0.05) is 0 Å². The van der Waals surface area contributed by atoms with E-state index >= 15 is 0 Å². The molecule has 1 aromatic rings. The average molecular weight is 299 g/mol. The Kier molecular flexibility index (Phi) is 5.04. The van der Waals surface area contributed by atoms with Gasteiger partial charge in [-0.05, 0) is 56.0 Å². The Labute approximate surface area is 124 Å². The van der Waals surface area contributed by atoms with E-state index in [1.807, 2.05) is 0 Å². The average Bonchev–Trinajstić information content (AvgIpc) is 2.46. The molecule has 1 aliphatic heterocycles. The van der Waals surface area contributed by atoms with Crippen molar-refractivity contribution in [1.82, 2.24) is 5.32 Å². The fourth-order valence-corrected chi connectivity index (χ4v) is 2.90. The number of methoxy groups -OCH3 is 2. The topological polar surface area (TPSA) is 30.5 Å². The summed E-state index contributed by atoms with van der Waals surface area (Å²) < 4.78 is 38.2. The van der Waals surface area contributed by atoms with Crippen molar-refractivity contribution in [2.24, 2.45) is 5.92 Å². The largest absolute Gasteiger partial charge is 0.493 e. The van der Waals surface area contributed by atoms with Crippen LogP contribution >= 0.6 is 0 Å². The van der Waals surface area contributed by atoms with Crippen LogP contribution in [0.3, 0.4) is 0 Å². The lowest BCUT2D eigenvalue weighted by Gasteiger charge is -2.25. The monoisotopic (exact) mass is 299 g/mol. The number of rotatable bonds is 5. The number of nitrogens with one attached hydrogen (secondary N) is 1. The van der Waals surface area contributed by atoms with Crippen molar-refractivity contribution >= 4 is 0 Å². The molecule has 0 aliphatic carbocycles. The van der Waals surface area contributed by atoms with Crippen LogP contribution in [0.5, 0.6) is 11.5 Å². The van der Waals surface area contributed by atoms with E-state index in [-0.39, 0.29) is 5.56 Å². The number of hydrogen-bond acceptors (Lipinski definition) is 3. The first-order valence-corrected chi connectivity index (χ1v) is 7.29. The van der Waals surface area contributed by atoms with E-state index in [0.717, 1.165) is 32.9 Å². The quantitative estimate of drug-likeness (QED) is 0.904. The molecular weight excluding hydrogens is 276 g/mol. The van der Waals surface area contributed by atoms with Gasteiger partial charge in [0.15, 0.2) is 11.5 Å². The van der Waals surface area contributed by atoms with Crippen molar-refractivity contribution in [2.75, 3.05) is 27.3 Å². The second-order valence-electron chi connectivity index (χ2n) is 5.65. The summed E-state index contributed by atoms with van der Waals surface area (Å²) in [7, 11) is 2.98. The molecule has 0 atom stereocenters. The van der Waals surface area contributed by atoms with E-state index in [1.165, 1.54) is 20.3 Å². The Balaban J connectivity index is 2.36. The highest BCUT2D eigenvalue weighted by Crippen LogP contribution is 2.39. The molecule has 1 saturated heterocycles. The maximum absolute atomic E-state index is 13.9. The van der Waals surface area contributed by atoms with Gasteiger partial charge in [0.1, 0.15) is 0 Å². The summed E-state index contributed by atoms with van der Waals surface area (Å²) in [5.74, 6) is -1.59. The SMILES string of the molecule is COc1cc(CC2CCNCC2)c(C(C)(F)F)cc1OC. The zero-order valence-corrected chi connectivity index (χ0v) is 12.8. The zero-order valence-electron chi connectivity index (χ0n) is 12.8. The lowest BCUT2D eigenvalue weighted by molar-refractivity contribution is 0.0160. The van der Waals surface area contributed by atoms with E-state index in [1.54, 1.807) is 6.07 Å². The Morgan fingerprint density at radius 1 is 1.14 bits per heavy atom. The van der Waals surface area contributed by atoms with Crippen LogP contribution in [0.2, 0.25) is 0 Å². The van der Waals surface area contributed by atoms with Crippen LogP contribution in [0.1, 0.15) is 30.9 Å². The summed E-state index contributed by atoms with van der Waals surface area (Å²) >= 11 is 0. The van der Waals surface area contributed by atoms with Gasteiger partial charge in [0.2, 0.25) is 0 Å². The van der Waals surface area contributed by atoms with Gasteiger partial charge >= 0.3 is 0 Å².